The van der Waals surface area contributed by atoms with Crippen molar-refractivity contribution in [2.24, 2.45) is 0 Å². The Morgan fingerprint density at radius 2 is 2.12 bits per heavy atom. The van der Waals surface area contributed by atoms with E-state index in [1.165, 1.54) is 0 Å². The normalized spacial score (nSPS) is 15.0. The predicted molar refractivity (Wildman–Crippen MR) is 66.9 cm³/mol. The quantitative estimate of drug-likeness (QED) is 0.805. The van der Waals surface area contributed by atoms with Gasteiger partial charge in [-0.3, -0.25) is 4.79 Å². The molecule has 0 radical (unpaired) electrons. The number of rotatable bonds is 3. The van der Waals surface area contributed by atoms with Gasteiger partial charge in [0, 0.05) is 13.1 Å². The first kappa shape index (κ1) is 11.8. The molecule has 0 bridgehead atoms. The summed E-state index contributed by atoms with van der Waals surface area (Å²) in [6, 6.07) is 5.50. The third-order valence-electron chi connectivity index (χ3n) is 3.11. The second-order valence-corrected chi connectivity index (χ2v) is 4.34. The molecule has 1 saturated heterocycles. The fourth-order valence-corrected chi connectivity index (χ4v) is 2.12. The van der Waals surface area contributed by atoms with Gasteiger partial charge in [0.05, 0.1) is 19.2 Å². The highest BCUT2D eigenvalue weighted by Crippen LogP contribution is 2.23. The molecule has 0 spiro atoms. The van der Waals surface area contributed by atoms with E-state index in [2.05, 4.69) is 0 Å². The topological polar surface area (TPSA) is 55.6 Å². The summed E-state index contributed by atoms with van der Waals surface area (Å²) in [4.78, 5) is 13.9. The van der Waals surface area contributed by atoms with Gasteiger partial charge in [-0.05, 0) is 30.5 Å². The summed E-state index contributed by atoms with van der Waals surface area (Å²) in [5, 5.41) is 0. The highest BCUT2D eigenvalue weighted by molar-refractivity contribution is 5.79. The van der Waals surface area contributed by atoms with Crippen LogP contribution in [0.3, 0.4) is 0 Å². The molecule has 1 aliphatic heterocycles. The molecule has 1 aliphatic rings. The highest BCUT2D eigenvalue weighted by Gasteiger charge is 2.18. The van der Waals surface area contributed by atoms with Crippen molar-refractivity contribution in [1.29, 1.82) is 0 Å². The van der Waals surface area contributed by atoms with E-state index < -0.39 is 0 Å². The molecule has 0 unspecified atom stereocenters. The lowest BCUT2D eigenvalue weighted by Crippen LogP contribution is -2.29. The molecule has 92 valence electrons. The maximum absolute atomic E-state index is 12.0. The van der Waals surface area contributed by atoms with Gasteiger partial charge >= 0.3 is 0 Å². The molecule has 1 aromatic carbocycles. The van der Waals surface area contributed by atoms with E-state index in [-0.39, 0.29) is 5.91 Å². The number of nitrogens with zero attached hydrogens (tertiary/aromatic N) is 1. The van der Waals surface area contributed by atoms with Gasteiger partial charge in [0.1, 0.15) is 5.75 Å². The van der Waals surface area contributed by atoms with Gasteiger partial charge in [-0.2, -0.15) is 0 Å². The van der Waals surface area contributed by atoms with Crippen molar-refractivity contribution in [2.45, 2.75) is 19.3 Å². The van der Waals surface area contributed by atoms with E-state index in [1.54, 1.807) is 13.2 Å². The zero-order valence-corrected chi connectivity index (χ0v) is 10.1. The van der Waals surface area contributed by atoms with Crippen LogP contribution in [0.5, 0.6) is 5.75 Å². The molecule has 1 fully saturated rings. The minimum Gasteiger partial charge on any atom is -0.495 e. The van der Waals surface area contributed by atoms with Gasteiger partial charge in [-0.25, -0.2) is 0 Å². The Labute approximate surface area is 101 Å². The standard InChI is InChI=1S/C13H18N2O2/c1-17-12-8-10(4-5-11(12)14)9-13(16)15-6-2-3-7-15/h4-5,8H,2-3,6-7,9,14H2,1H3. The number of nitrogens with two attached hydrogens (primary N) is 1. The van der Waals surface area contributed by atoms with E-state index in [1.807, 2.05) is 17.0 Å². The summed E-state index contributed by atoms with van der Waals surface area (Å²) >= 11 is 0. The van der Waals surface area contributed by atoms with Gasteiger partial charge in [0.2, 0.25) is 5.91 Å². The van der Waals surface area contributed by atoms with E-state index >= 15 is 0 Å². The van der Waals surface area contributed by atoms with Gasteiger partial charge in [0.25, 0.3) is 0 Å². The molecule has 2 rings (SSSR count). The van der Waals surface area contributed by atoms with Crippen LogP contribution >= 0.6 is 0 Å². The number of carbonyl (C=O) groups is 1. The Hall–Kier alpha value is -1.71. The molecule has 4 heteroatoms. The minimum atomic E-state index is 0.189. The van der Waals surface area contributed by atoms with Crippen LogP contribution in [0.2, 0.25) is 0 Å². The van der Waals surface area contributed by atoms with Crippen LogP contribution in [0.15, 0.2) is 18.2 Å². The van der Waals surface area contributed by atoms with Gasteiger partial charge in [-0.15, -0.1) is 0 Å². The molecule has 2 N–H and O–H groups in total. The summed E-state index contributed by atoms with van der Waals surface area (Å²) in [6.45, 7) is 1.79. The third kappa shape index (κ3) is 2.70. The number of ether oxygens (including phenoxy) is 1. The fraction of sp³-hybridized carbons (Fsp3) is 0.462. The van der Waals surface area contributed by atoms with Crippen LogP contribution in [-0.2, 0) is 11.2 Å². The molecule has 0 saturated carbocycles. The summed E-state index contributed by atoms with van der Waals surface area (Å²) in [5.74, 6) is 0.825. The van der Waals surface area contributed by atoms with E-state index in [0.717, 1.165) is 31.5 Å². The zero-order chi connectivity index (χ0) is 12.3. The fourth-order valence-electron chi connectivity index (χ4n) is 2.12. The number of likely N-dealkylation sites (tertiary alicyclic amines) is 1. The second kappa shape index (κ2) is 5.08. The largest absolute Gasteiger partial charge is 0.495 e. The van der Waals surface area contributed by atoms with Crippen LogP contribution in [0.4, 0.5) is 5.69 Å². The van der Waals surface area contributed by atoms with Crippen molar-refractivity contribution >= 4 is 11.6 Å². The lowest BCUT2D eigenvalue weighted by atomic mass is 10.1. The molecule has 1 amide bonds. The molecule has 0 atom stereocenters. The Morgan fingerprint density at radius 3 is 2.76 bits per heavy atom. The molecule has 4 nitrogen and oxygen atoms in total. The van der Waals surface area contributed by atoms with Gasteiger partial charge in [-0.1, -0.05) is 6.07 Å². The molecule has 1 aromatic rings. The number of hydrogen-bond acceptors (Lipinski definition) is 3. The predicted octanol–water partition coefficient (Wildman–Crippen LogP) is 1.44. The molecule has 17 heavy (non-hydrogen) atoms. The van der Waals surface area contributed by atoms with E-state index in [9.17, 15) is 4.79 Å². The van der Waals surface area contributed by atoms with Crippen LogP contribution in [0.1, 0.15) is 18.4 Å². The average molecular weight is 234 g/mol. The Balaban J connectivity index is 2.05. The third-order valence-corrected chi connectivity index (χ3v) is 3.11. The first-order chi connectivity index (χ1) is 8.20. The SMILES string of the molecule is COc1cc(CC(=O)N2CCCC2)ccc1N. The van der Waals surface area contributed by atoms with Crippen LogP contribution in [0.25, 0.3) is 0 Å². The minimum absolute atomic E-state index is 0.189. The van der Waals surface area contributed by atoms with Crippen molar-refractivity contribution in [3.63, 3.8) is 0 Å². The van der Waals surface area contributed by atoms with Crippen molar-refractivity contribution in [2.75, 3.05) is 25.9 Å². The van der Waals surface area contributed by atoms with Gasteiger partial charge in [0.15, 0.2) is 0 Å². The number of nitrogen functional groups attached to an aromatic ring is 1. The highest BCUT2D eigenvalue weighted by atomic mass is 16.5. The summed E-state index contributed by atoms with van der Waals surface area (Å²) in [7, 11) is 1.58. The van der Waals surface area contributed by atoms with E-state index in [4.69, 9.17) is 10.5 Å². The number of amides is 1. The molecule has 0 aliphatic carbocycles. The van der Waals surface area contributed by atoms with Crippen molar-refractivity contribution in [3.8, 4) is 5.75 Å². The molecular formula is C13H18N2O2. The number of hydrogen-bond donors (Lipinski definition) is 1. The van der Waals surface area contributed by atoms with Crippen LogP contribution in [-0.4, -0.2) is 31.0 Å². The van der Waals surface area contributed by atoms with Gasteiger partial charge < -0.3 is 15.4 Å². The number of methoxy groups -OCH3 is 1. The zero-order valence-electron chi connectivity index (χ0n) is 10.1. The Kier molecular flexibility index (Phi) is 3.52. The Morgan fingerprint density at radius 1 is 1.41 bits per heavy atom. The lowest BCUT2D eigenvalue weighted by molar-refractivity contribution is -0.129. The number of carbonyl (C=O) groups excluding carboxylic acids is 1. The smallest absolute Gasteiger partial charge is 0.226 e. The second-order valence-electron chi connectivity index (χ2n) is 4.34. The first-order valence-corrected chi connectivity index (χ1v) is 5.91. The summed E-state index contributed by atoms with van der Waals surface area (Å²) < 4.78 is 5.14. The van der Waals surface area contributed by atoms with Crippen molar-refractivity contribution in [3.05, 3.63) is 23.8 Å². The molecule has 0 aromatic heterocycles. The maximum Gasteiger partial charge on any atom is 0.226 e. The first-order valence-electron chi connectivity index (χ1n) is 5.91. The maximum atomic E-state index is 12.0. The van der Waals surface area contributed by atoms with Crippen molar-refractivity contribution < 1.29 is 9.53 Å². The number of anilines is 1. The summed E-state index contributed by atoms with van der Waals surface area (Å²) in [5.41, 5.74) is 7.29. The lowest BCUT2D eigenvalue weighted by Gasteiger charge is -2.15. The number of benzene rings is 1. The van der Waals surface area contributed by atoms with E-state index in [0.29, 0.717) is 17.9 Å². The van der Waals surface area contributed by atoms with Crippen LogP contribution < -0.4 is 10.5 Å². The Bertz CT molecular complexity index is 412. The summed E-state index contributed by atoms with van der Waals surface area (Å²) in [6.07, 6.45) is 2.67. The molecule has 1 heterocycles. The monoisotopic (exact) mass is 234 g/mol. The average Bonchev–Trinajstić information content (AvgIpc) is 2.85. The van der Waals surface area contributed by atoms with Crippen LogP contribution in [0, 0.1) is 0 Å². The van der Waals surface area contributed by atoms with Crippen molar-refractivity contribution in [1.82, 2.24) is 4.90 Å². The molecular weight excluding hydrogens is 216 g/mol.